The van der Waals surface area contributed by atoms with Crippen LogP contribution < -0.4 is 11.5 Å². The molecule has 9 nitrogen and oxygen atoms in total. The molecule has 0 aromatic heterocycles. The first-order chi connectivity index (χ1) is 8.82. The van der Waals surface area contributed by atoms with Crippen LogP contribution in [-0.4, -0.2) is 64.4 Å². The van der Waals surface area contributed by atoms with Crippen LogP contribution in [0.15, 0.2) is 0 Å². The molecular formula is C10H16N4O5. The smallest absolute Gasteiger partial charge is 0.323 e. The lowest BCUT2D eigenvalue weighted by Gasteiger charge is -2.28. The zero-order chi connectivity index (χ0) is 14.6. The van der Waals surface area contributed by atoms with E-state index in [-0.39, 0.29) is 0 Å². The van der Waals surface area contributed by atoms with E-state index in [0.717, 1.165) is 4.90 Å². The minimum atomic E-state index is -1.27. The summed E-state index contributed by atoms with van der Waals surface area (Å²) >= 11 is 0. The molecule has 1 heterocycles. The van der Waals surface area contributed by atoms with Gasteiger partial charge in [-0.05, 0) is 12.8 Å². The fourth-order valence-electron chi connectivity index (χ4n) is 2.02. The SMILES string of the molecule is NC(=O)CN(CC(=O)O)C(=O)N1CCCC1C(N)=O. The second-order valence-corrected chi connectivity index (χ2v) is 4.25. The van der Waals surface area contributed by atoms with Gasteiger partial charge in [0, 0.05) is 6.54 Å². The molecule has 1 fully saturated rings. The van der Waals surface area contributed by atoms with Gasteiger partial charge in [-0.25, -0.2) is 4.79 Å². The largest absolute Gasteiger partial charge is 0.480 e. The zero-order valence-corrected chi connectivity index (χ0v) is 10.2. The third-order valence-electron chi connectivity index (χ3n) is 2.77. The molecule has 4 amide bonds. The Morgan fingerprint density at radius 1 is 1.21 bits per heavy atom. The highest BCUT2D eigenvalue weighted by Gasteiger charge is 2.35. The molecule has 0 radical (unpaired) electrons. The summed E-state index contributed by atoms with van der Waals surface area (Å²) in [6, 6.07) is -1.49. The molecule has 9 heteroatoms. The summed E-state index contributed by atoms with van der Waals surface area (Å²) in [5.74, 6) is -2.76. The number of rotatable bonds is 5. The fourth-order valence-corrected chi connectivity index (χ4v) is 2.02. The van der Waals surface area contributed by atoms with Crippen molar-refractivity contribution in [2.45, 2.75) is 18.9 Å². The molecule has 1 unspecified atom stereocenters. The Morgan fingerprint density at radius 2 is 1.84 bits per heavy atom. The Bertz CT molecular complexity index is 395. The van der Waals surface area contributed by atoms with E-state index in [2.05, 4.69) is 0 Å². The fraction of sp³-hybridized carbons (Fsp3) is 0.600. The monoisotopic (exact) mass is 272 g/mol. The molecule has 1 saturated heterocycles. The average molecular weight is 272 g/mol. The molecule has 0 aromatic rings. The number of nitrogens with zero attached hydrogens (tertiary/aromatic N) is 2. The normalized spacial score (nSPS) is 18.1. The first-order valence-corrected chi connectivity index (χ1v) is 5.68. The van der Waals surface area contributed by atoms with Gasteiger partial charge >= 0.3 is 12.0 Å². The third-order valence-corrected chi connectivity index (χ3v) is 2.77. The van der Waals surface area contributed by atoms with Gasteiger partial charge in [0.25, 0.3) is 0 Å². The molecule has 1 aliphatic rings. The van der Waals surface area contributed by atoms with Crippen molar-refractivity contribution in [1.29, 1.82) is 0 Å². The van der Waals surface area contributed by atoms with Crippen LogP contribution in [0.5, 0.6) is 0 Å². The van der Waals surface area contributed by atoms with E-state index in [1.807, 2.05) is 0 Å². The van der Waals surface area contributed by atoms with E-state index >= 15 is 0 Å². The molecule has 5 N–H and O–H groups in total. The molecule has 0 bridgehead atoms. The number of carboxylic acids is 1. The molecule has 1 aliphatic heterocycles. The number of nitrogens with two attached hydrogens (primary N) is 2. The van der Waals surface area contributed by atoms with Crippen LogP contribution in [0, 0.1) is 0 Å². The van der Waals surface area contributed by atoms with Crippen LogP contribution in [0.25, 0.3) is 0 Å². The van der Waals surface area contributed by atoms with E-state index in [9.17, 15) is 19.2 Å². The predicted molar refractivity (Wildman–Crippen MR) is 62.7 cm³/mol. The van der Waals surface area contributed by atoms with Gasteiger partial charge in [-0.3, -0.25) is 14.4 Å². The topological polar surface area (TPSA) is 147 Å². The van der Waals surface area contributed by atoms with Crippen molar-refractivity contribution in [3.8, 4) is 0 Å². The molecule has 19 heavy (non-hydrogen) atoms. The maximum Gasteiger partial charge on any atom is 0.323 e. The van der Waals surface area contributed by atoms with Gasteiger partial charge in [0.05, 0.1) is 0 Å². The molecule has 0 aromatic carbocycles. The highest BCUT2D eigenvalue weighted by Crippen LogP contribution is 2.18. The van der Waals surface area contributed by atoms with E-state index in [1.165, 1.54) is 4.90 Å². The summed E-state index contributed by atoms with van der Waals surface area (Å²) < 4.78 is 0. The van der Waals surface area contributed by atoms with E-state index in [4.69, 9.17) is 16.6 Å². The van der Waals surface area contributed by atoms with E-state index in [0.29, 0.717) is 19.4 Å². The van der Waals surface area contributed by atoms with Crippen molar-refractivity contribution in [1.82, 2.24) is 9.80 Å². The summed E-state index contributed by atoms with van der Waals surface area (Å²) in [4.78, 5) is 46.8. The van der Waals surface area contributed by atoms with Gasteiger partial charge in [-0.15, -0.1) is 0 Å². The molecule has 1 rings (SSSR count). The standard InChI is InChI=1S/C10H16N4O5/c11-7(15)4-13(5-8(16)17)10(19)14-3-1-2-6(14)9(12)18/h6H,1-5H2,(H2,11,15)(H2,12,18)(H,16,17). The average Bonchev–Trinajstić information content (AvgIpc) is 2.74. The second-order valence-electron chi connectivity index (χ2n) is 4.25. The number of primary amides is 2. The van der Waals surface area contributed by atoms with Crippen molar-refractivity contribution in [2.24, 2.45) is 11.5 Å². The van der Waals surface area contributed by atoms with Crippen LogP contribution in [0.1, 0.15) is 12.8 Å². The van der Waals surface area contributed by atoms with Crippen molar-refractivity contribution in [2.75, 3.05) is 19.6 Å². The van der Waals surface area contributed by atoms with Crippen LogP contribution >= 0.6 is 0 Å². The molecule has 0 aliphatic carbocycles. The number of aliphatic carboxylic acids is 1. The number of carbonyl (C=O) groups excluding carboxylic acids is 3. The maximum atomic E-state index is 12.1. The van der Waals surface area contributed by atoms with Crippen LogP contribution in [-0.2, 0) is 14.4 Å². The lowest BCUT2D eigenvalue weighted by molar-refractivity contribution is -0.138. The molecule has 106 valence electrons. The first-order valence-electron chi connectivity index (χ1n) is 5.68. The molecule has 0 spiro atoms. The summed E-state index contributed by atoms with van der Waals surface area (Å²) in [6.45, 7) is -0.891. The number of hydrogen-bond acceptors (Lipinski definition) is 4. The van der Waals surface area contributed by atoms with Gasteiger partial charge in [0.1, 0.15) is 19.1 Å². The number of carboxylic acid groups (broad SMARTS) is 1. The number of amides is 4. The molecule has 1 atom stereocenters. The summed E-state index contributed by atoms with van der Waals surface area (Å²) in [6.07, 6.45) is 1.02. The molecular weight excluding hydrogens is 256 g/mol. The van der Waals surface area contributed by atoms with Crippen LogP contribution in [0.3, 0.4) is 0 Å². The molecule has 0 saturated carbocycles. The number of urea groups is 1. The summed E-state index contributed by atoms with van der Waals surface area (Å²) in [5.41, 5.74) is 10.1. The number of likely N-dealkylation sites (tertiary alicyclic amines) is 1. The predicted octanol–water partition coefficient (Wildman–Crippen LogP) is -2.07. The highest BCUT2D eigenvalue weighted by molar-refractivity contribution is 5.90. The Kier molecular flexibility index (Phi) is 4.67. The van der Waals surface area contributed by atoms with E-state index < -0.39 is 42.9 Å². The lowest BCUT2D eigenvalue weighted by atomic mass is 10.2. The third kappa shape index (κ3) is 3.83. The van der Waals surface area contributed by atoms with Gasteiger partial charge in [0.2, 0.25) is 11.8 Å². The minimum absolute atomic E-state index is 0.293. The lowest BCUT2D eigenvalue weighted by Crippen LogP contribution is -2.52. The van der Waals surface area contributed by atoms with Gasteiger partial charge in [-0.1, -0.05) is 0 Å². The maximum absolute atomic E-state index is 12.1. The Labute approximate surface area is 109 Å². The van der Waals surface area contributed by atoms with Gasteiger partial charge in [-0.2, -0.15) is 0 Å². The second kappa shape index (κ2) is 6.03. The minimum Gasteiger partial charge on any atom is -0.480 e. The van der Waals surface area contributed by atoms with Crippen molar-refractivity contribution >= 4 is 23.8 Å². The van der Waals surface area contributed by atoms with Crippen molar-refractivity contribution in [3.05, 3.63) is 0 Å². The quantitative estimate of drug-likeness (QED) is 0.526. The number of hydrogen-bond donors (Lipinski definition) is 3. The number of carbonyl (C=O) groups is 4. The van der Waals surface area contributed by atoms with Gasteiger partial charge in [0.15, 0.2) is 0 Å². The Morgan fingerprint density at radius 3 is 2.32 bits per heavy atom. The summed E-state index contributed by atoms with van der Waals surface area (Å²) in [5, 5.41) is 8.71. The highest BCUT2D eigenvalue weighted by atomic mass is 16.4. The Hall–Kier alpha value is -2.32. The van der Waals surface area contributed by atoms with Crippen molar-refractivity contribution in [3.63, 3.8) is 0 Å². The van der Waals surface area contributed by atoms with Crippen molar-refractivity contribution < 1.29 is 24.3 Å². The Balaban J connectivity index is 2.82. The van der Waals surface area contributed by atoms with Crippen LogP contribution in [0.4, 0.5) is 4.79 Å². The first kappa shape index (κ1) is 14.7. The zero-order valence-electron chi connectivity index (χ0n) is 10.2. The summed E-state index contributed by atoms with van der Waals surface area (Å²) in [7, 11) is 0. The van der Waals surface area contributed by atoms with Gasteiger partial charge < -0.3 is 26.4 Å². The van der Waals surface area contributed by atoms with E-state index in [1.54, 1.807) is 0 Å². The van der Waals surface area contributed by atoms with Crippen LogP contribution in [0.2, 0.25) is 0 Å².